The van der Waals surface area contributed by atoms with Crippen LogP contribution in [0.5, 0.6) is 0 Å². The van der Waals surface area contributed by atoms with Crippen LogP contribution in [-0.4, -0.2) is 15.0 Å². The Morgan fingerprint density at radius 1 is 1.05 bits per heavy atom. The predicted octanol–water partition coefficient (Wildman–Crippen LogP) is 2.30. The molecule has 0 atom stereocenters. The van der Waals surface area contributed by atoms with Crippen LogP contribution in [0.25, 0.3) is 0 Å². The fraction of sp³-hybridized carbons (Fsp3) is 0.143. The van der Waals surface area contributed by atoms with Crippen molar-refractivity contribution in [2.45, 2.75) is 11.3 Å². The molecule has 0 bridgehead atoms. The Hall–Kier alpha value is -2.15. The van der Waals surface area contributed by atoms with Gasteiger partial charge in [0, 0.05) is 12.2 Å². The highest BCUT2D eigenvalue weighted by molar-refractivity contribution is 7.92. The van der Waals surface area contributed by atoms with Gasteiger partial charge in [0.15, 0.2) is 0 Å². The van der Waals surface area contributed by atoms with Crippen LogP contribution in [0.2, 0.25) is 0 Å². The van der Waals surface area contributed by atoms with Gasteiger partial charge in [-0.3, -0.25) is 4.31 Å². The van der Waals surface area contributed by atoms with Crippen molar-refractivity contribution in [2.75, 3.05) is 16.6 Å². The van der Waals surface area contributed by atoms with Crippen molar-refractivity contribution in [1.82, 2.24) is 0 Å². The van der Waals surface area contributed by atoms with Gasteiger partial charge in [-0.25, -0.2) is 17.2 Å². The summed E-state index contributed by atoms with van der Waals surface area (Å²) in [4.78, 5) is -0.239. The summed E-state index contributed by atoms with van der Waals surface area (Å²) in [5.74, 6) is -1.25. The molecular formula is C14H12F2N2O2S. The molecule has 110 valence electrons. The van der Waals surface area contributed by atoms with Crippen LogP contribution in [0.3, 0.4) is 0 Å². The first-order valence-corrected chi connectivity index (χ1v) is 7.69. The Labute approximate surface area is 120 Å². The Kier molecular flexibility index (Phi) is 3.09. The predicted molar refractivity (Wildman–Crippen MR) is 75.4 cm³/mol. The molecule has 1 heterocycles. The summed E-state index contributed by atoms with van der Waals surface area (Å²) in [5, 5.41) is 0. The molecule has 4 nitrogen and oxygen atoms in total. The van der Waals surface area contributed by atoms with E-state index in [-0.39, 0.29) is 22.8 Å². The molecule has 0 unspecified atom stereocenters. The lowest BCUT2D eigenvalue weighted by molar-refractivity contribution is 0.587. The summed E-state index contributed by atoms with van der Waals surface area (Å²) in [6.07, 6.45) is 0.486. The van der Waals surface area contributed by atoms with E-state index in [1.807, 2.05) is 0 Å². The molecule has 0 spiro atoms. The van der Waals surface area contributed by atoms with Gasteiger partial charge in [-0.05, 0) is 42.3 Å². The minimum atomic E-state index is -3.97. The number of fused-ring (bicyclic) bond motifs is 1. The molecule has 1 aliphatic heterocycles. The van der Waals surface area contributed by atoms with E-state index in [1.165, 1.54) is 18.2 Å². The zero-order chi connectivity index (χ0) is 15.2. The highest BCUT2D eigenvalue weighted by Gasteiger charge is 2.31. The number of hydrogen-bond donors (Lipinski definition) is 1. The van der Waals surface area contributed by atoms with E-state index in [1.54, 1.807) is 6.07 Å². The Balaban J connectivity index is 2.11. The van der Waals surface area contributed by atoms with Crippen LogP contribution in [0.15, 0.2) is 41.3 Å². The molecule has 2 N–H and O–H groups in total. The second kappa shape index (κ2) is 4.70. The zero-order valence-electron chi connectivity index (χ0n) is 10.9. The third kappa shape index (κ3) is 2.33. The van der Waals surface area contributed by atoms with Crippen LogP contribution < -0.4 is 10.0 Å². The maximum absolute atomic E-state index is 13.4. The maximum Gasteiger partial charge on any atom is 0.264 e. The molecule has 0 amide bonds. The molecule has 21 heavy (non-hydrogen) atoms. The highest BCUT2D eigenvalue weighted by Crippen LogP contribution is 2.34. The van der Waals surface area contributed by atoms with Crippen LogP contribution >= 0.6 is 0 Å². The largest absolute Gasteiger partial charge is 0.399 e. The van der Waals surface area contributed by atoms with Crippen molar-refractivity contribution in [1.29, 1.82) is 0 Å². The molecule has 1 aliphatic rings. The highest BCUT2D eigenvalue weighted by atomic mass is 32.2. The summed E-state index contributed by atoms with van der Waals surface area (Å²) in [7, 11) is -3.97. The molecule has 7 heteroatoms. The molecule has 2 aromatic carbocycles. The zero-order valence-corrected chi connectivity index (χ0v) is 11.7. The quantitative estimate of drug-likeness (QED) is 0.866. The molecule has 0 radical (unpaired) electrons. The van der Waals surface area contributed by atoms with E-state index < -0.39 is 21.7 Å². The fourth-order valence-electron chi connectivity index (χ4n) is 2.43. The average Bonchev–Trinajstić information content (AvgIpc) is 2.81. The molecular weight excluding hydrogens is 298 g/mol. The Morgan fingerprint density at radius 2 is 1.81 bits per heavy atom. The van der Waals surface area contributed by atoms with Crippen molar-refractivity contribution in [3.63, 3.8) is 0 Å². The van der Waals surface area contributed by atoms with Gasteiger partial charge in [0.2, 0.25) is 0 Å². The first kappa shape index (κ1) is 13.8. The van der Waals surface area contributed by atoms with Crippen molar-refractivity contribution < 1.29 is 17.2 Å². The summed E-state index contributed by atoms with van der Waals surface area (Å²) >= 11 is 0. The van der Waals surface area contributed by atoms with Crippen LogP contribution in [0.1, 0.15) is 5.56 Å². The summed E-state index contributed by atoms with van der Waals surface area (Å²) < 4.78 is 53.0. The molecule has 0 fully saturated rings. The number of halogens is 2. The normalized spacial score (nSPS) is 14.3. The lowest BCUT2D eigenvalue weighted by Gasteiger charge is -2.19. The fourth-order valence-corrected chi connectivity index (χ4v) is 3.99. The number of nitrogens with two attached hydrogens (primary N) is 1. The number of anilines is 2. The van der Waals surface area contributed by atoms with Gasteiger partial charge in [-0.15, -0.1) is 0 Å². The molecule has 0 saturated carbocycles. The molecule has 0 aliphatic carbocycles. The maximum atomic E-state index is 13.4. The molecule has 0 saturated heterocycles. The monoisotopic (exact) mass is 310 g/mol. The van der Waals surface area contributed by atoms with Crippen LogP contribution in [0.4, 0.5) is 20.2 Å². The van der Waals surface area contributed by atoms with Crippen molar-refractivity contribution in [3.05, 3.63) is 53.6 Å². The first-order valence-electron chi connectivity index (χ1n) is 6.25. The standard InChI is InChI=1S/C14H12F2N2O2S/c15-10-2-1-9-3-4-18(14(9)7-10)21(19,20)13-6-11(16)5-12(17)8-13/h1-2,5-8H,3-4,17H2. The summed E-state index contributed by atoms with van der Waals surface area (Å²) in [5.41, 5.74) is 6.54. The van der Waals surface area contributed by atoms with Gasteiger partial charge in [0.1, 0.15) is 11.6 Å². The summed E-state index contributed by atoms with van der Waals surface area (Å²) in [6, 6.07) is 7.15. The number of rotatable bonds is 2. The van der Waals surface area contributed by atoms with Gasteiger partial charge < -0.3 is 5.73 Å². The van der Waals surface area contributed by atoms with E-state index in [0.717, 1.165) is 22.0 Å². The van der Waals surface area contributed by atoms with E-state index in [4.69, 9.17) is 5.73 Å². The second-order valence-corrected chi connectivity index (χ2v) is 6.68. The van der Waals surface area contributed by atoms with E-state index in [2.05, 4.69) is 0 Å². The van der Waals surface area contributed by atoms with Crippen molar-refractivity contribution in [2.24, 2.45) is 0 Å². The van der Waals surface area contributed by atoms with Crippen molar-refractivity contribution >= 4 is 21.4 Å². The molecule has 3 rings (SSSR count). The smallest absolute Gasteiger partial charge is 0.264 e. The van der Waals surface area contributed by atoms with E-state index in [9.17, 15) is 17.2 Å². The third-order valence-corrected chi connectivity index (χ3v) is 5.17. The third-order valence-electron chi connectivity index (χ3n) is 3.38. The van der Waals surface area contributed by atoms with Gasteiger partial charge >= 0.3 is 0 Å². The van der Waals surface area contributed by atoms with Gasteiger partial charge in [-0.1, -0.05) is 6.07 Å². The molecule has 2 aromatic rings. The van der Waals surface area contributed by atoms with E-state index >= 15 is 0 Å². The Morgan fingerprint density at radius 3 is 2.52 bits per heavy atom. The minimum Gasteiger partial charge on any atom is -0.399 e. The van der Waals surface area contributed by atoms with Gasteiger partial charge in [-0.2, -0.15) is 0 Å². The SMILES string of the molecule is Nc1cc(F)cc(S(=O)(=O)N2CCc3ccc(F)cc32)c1. The lowest BCUT2D eigenvalue weighted by Crippen LogP contribution is -2.29. The average molecular weight is 310 g/mol. The number of nitrogen functional groups attached to an aromatic ring is 1. The first-order chi connectivity index (χ1) is 9.88. The van der Waals surface area contributed by atoms with E-state index in [0.29, 0.717) is 6.42 Å². The van der Waals surface area contributed by atoms with Crippen LogP contribution in [0, 0.1) is 11.6 Å². The van der Waals surface area contributed by atoms with Gasteiger partial charge in [0.05, 0.1) is 10.6 Å². The topological polar surface area (TPSA) is 63.4 Å². The van der Waals surface area contributed by atoms with Crippen LogP contribution in [-0.2, 0) is 16.4 Å². The number of sulfonamides is 1. The minimum absolute atomic E-state index is 0.0206. The van der Waals surface area contributed by atoms with Crippen molar-refractivity contribution in [3.8, 4) is 0 Å². The lowest BCUT2D eigenvalue weighted by atomic mass is 10.2. The number of benzene rings is 2. The summed E-state index contributed by atoms with van der Waals surface area (Å²) in [6.45, 7) is 0.192. The van der Waals surface area contributed by atoms with Gasteiger partial charge in [0.25, 0.3) is 10.0 Å². The second-order valence-electron chi connectivity index (χ2n) is 4.82. The Bertz CT molecular complexity index is 801. The molecule has 0 aromatic heterocycles. The number of hydrogen-bond acceptors (Lipinski definition) is 3. The number of nitrogens with zero attached hydrogens (tertiary/aromatic N) is 1.